The number of allylic oxidation sites excluding steroid dienone is 1. The Morgan fingerprint density at radius 1 is 1.04 bits per heavy atom. The Bertz CT molecular complexity index is 679. The van der Waals surface area contributed by atoms with Gasteiger partial charge < -0.3 is 4.74 Å². The van der Waals surface area contributed by atoms with Crippen LogP contribution in [0.4, 0.5) is 0 Å². The second-order valence-corrected chi connectivity index (χ2v) is 8.49. The summed E-state index contributed by atoms with van der Waals surface area (Å²) < 4.78 is 28.1. The van der Waals surface area contributed by atoms with Gasteiger partial charge in [0.1, 0.15) is 0 Å². The first-order chi connectivity index (χ1) is 11.4. The minimum absolute atomic E-state index is 0.251. The third-order valence-electron chi connectivity index (χ3n) is 4.55. The number of sulfone groups is 1. The van der Waals surface area contributed by atoms with Crippen molar-refractivity contribution in [1.82, 2.24) is 0 Å². The van der Waals surface area contributed by atoms with Crippen LogP contribution in [0.15, 0.2) is 35.2 Å². The zero-order valence-electron chi connectivity index (χ0n) is 14.5. The van der Waals surface area contributed by atoms with Crippen molar-refractivity contribution in [2.24, 2.45) is 5.92 Å². The van der Waals surface area contributed by atoms with Gasteiger partial charge in [0.2, 0.25) is 0 Å². The predicted octanol–water partition coefficient (Wildman–Crippen LogP) is 4.01. The first kappa shape index (κ1) is 18.7. The molecule has 1 aromatic carbocycles. The topological polar surface area (TPSA) is 60.4 Å². The number of hydrogen-bond acceptors (Lipinski definition) is 4. The second-order valence-electron chi connectivity index (χ2n) is 6.47. The Labute approximate surface area is 144 Å². The molecule has 0 spiro atoms. The molecule has 1 aromatic rings. The third kappa shape index (κ3) is 5.20. The summed E-state index contributed by atoms with van der Waals surface area (Å²) in [5, 5.41) is 0. The van der Waals surface area contributed by atoms with Gasteiger partial charge in [0, 0.05) is 6.26 Å². The first-order valence-electron chi connectivity index (χ1n) is 8.52. The van der Waals surface area contributed by atoms with Gasteiger partial charge in [0.05, 0.1) is 17.6 Å². The number of carbonyl (C=O) groups is 1. The largest absolute Gasteiger partial charge is 0.465 e. The van der Waals surface area contributed by atoms with Crippen molar-refractivity contribution < 1.29 is 17.9 Å². The van der Waals surface area contributed by atoms with Crippen molar-refractivity contribution in [3.63, 3.8) is 0 Å². The van der Waals surface area contributed by atoms with Gasteiger partial charge in [-0.25, -0.2) is 13.2 Å². The van der Waals surface area contributed by atoms with Gasteiger partial charge in [0.25, 0.3) is 0 Å². The lowest BCUT2D eigenvalue weighted by molar-refractivity contribution is -0.133. The van der Waals surface area contributed by atoms with Gasteiger partial charge in [-0.1, -0.05) is 50.3 Å². The van der Waals surface area contributed by atoms with E-state index in [9.17, 15) is 13.2 Å². The highest BCUT2D eigenvalue weighted by Crippen LogP contribution is 2.28. The Kier molecular flexibility index (Phi) is 6.60. The van der Waals surface area contributed by atoms with Crippen LogP contribution in [-0.4, -0.2) is 27.8 Å². The van der Waals surface area contributed by atoms with Crippen LogP contribution in [0.25, 0.3) is 5.57 Å². The monoisotopic (exact) mass is 350 g/mol. The highest BCUT2D eigenvalue weighted by molar-refractivity contribution is 7.90. The van der Waals surface area contributed by atoms with Crippen molar-refractivity contribution in [1.29, 1.82) is 0 Å². The zero-order valence-corrected chi connectivity index (χ0v) is 15.3. The van der Waals surface area contributed by atoms with Crippen molar-refractivity contribution in [2.45, 2.75) is 49.8 Å². The predicted molar refractivity (Wildman–Crippen MR) is 95.4 cm³/mol. The number of rotatable bonds is 4. The molecule has 0 saturated heterocycles. The van der Waals surface area contributed by atoms with Crippen LogP contribution in [0.2, 0.25) is 0 Å². The van der Waals surface area contributed by atoms with Crippen molar-refractivity contribution in [3.05, 3.63) is 35.9 Å². The van der Waals surface area contributed by atoms with Crippen LogP contribution in [0, 0.1) is 5.92 Å². The van der Waals surface area contributed by atoms with Gasteiger partial charge in [-0.05, 0) is 36.5 Å². The lowest BCUT2D eigenvalue weighted by Gasteiger charge is -2.18. The molecule has 1 saturated carbocycles. The number of benzene rings is 1. The molecule has 1 aliphatic rings. The van der Waals surface area contributed by atoms with Gasteiger partial charge in [0.15, 0.2) is 9.84 Å². The molecule has 0 aromatic heterocycles. The van der Waals surface area contributed by atoms with E-state index in [1.165, 1.54) is 45.5 Å². The number of carbonyl (C=O) groups excluding carboxylic acids is 1. The molecule has 5 heteroatoms. The minimum atomic E-state index is -3.24. The van der Waals surface area contributed by atoms with Crippen molar-refractivity contribution in [3.8, 4) is 0 Å². The molecule has 0 atom stereocenters. The third-order valence-corrected chi connectivity index (χ3v) is 5.68. The lowest BCUT2D eigenvalue weighted by Crippen LogP contribution is -2.08. The molecule has 24 heavy (non-hydrogen) atoms. The van der Waals surface area contributed by atoms with Crippen LogP contribution in [0.3, 0.4) is 0 Å². The number of esters is 1. The van der Waals surface area contributed by atoms with Gasteiger partial charge >= 0.3 is 5.97 Å². The molecule has 4 nitrogen and oxygen atoms in total. The van der Waals surface area contributed by atoms with Crippen LogP contribution >= 0.6 is 0 Å². The fraction of sp³-hybridized carbons (Fsp3) is 0.526. The number of hydrogen-bond donors (Lipinski definition) is 0. The van der Waals surface area contributed by atoms with Crippen molar-refractivity contribution in [2.75, 3.05) is 13.4 Å². The molecule has 1 aliphatic carbocycles. The normalized spacial score (nSPS) is 17.8. The van der Waals surface area contributed by atoms with Crippen LogP contribution in [-0.2, 0) is 19.4 Å². The van der Waals surface area contributed by atoms with E-state index < -0.39 is 9.84 Å². The maximum Gasteiger partial charge on any atom is 0.338 e. The summed E-state index contributed by atoms with van der Waals surface area (Å²) in [6, 6.07) is 6.45. The van der Waals surface area contributed by atoms with E-state index in [1.54, 1.807) is 24.3 Å². The molecule has 0 radical (unpaired) electrons. The van der Waals surface area contributed by atoms with E-state index >= 15 is 0 Å². The van der Waals surface area contributed by atoms with E-state index in [0.717, 1.165) is 12.8 Å². The standard InChI is InChI=1S/C19H26O4S/c1-23-19(20)18(14-15-8-6-4-3-5-7-9-15)16-10-12-17(13-11-16)24(2,21)22/h10-15H,3-9H2,1-2H3/b18-14+. The highest BCUT2D eigenvalue weighted by Gasteiger charge is 2.17. The molecule has 0 unspecified atom stereocenters. The Balaban J connectivity index is 2.30. The van der Waals surface area contributed by atoms with E-state index in [2.05, 4.69) is 0 Å². The number of methoxy groups -OCH3 is 1. The molecule has 132 valence electrons. The van der Waals surface area contributed by atoms with E-state index in [-0.39, 0.29) is 10.9 Å². The average molecular weight is 350 g/mol. The fourth-order valence-electron chi connectivity index (χ4n) is 3.16. The molecular weight excluding hydrogens is 324 g/mol. The first-order valence-corrected chi connectivity index (χ1v) is 10.4. The Morgan fingerprint density at radius 2 is 1.58 bits per heavy atom. The van der Waals surface area contributed by atoms with Crippen LogP contribution < -0.4 is 0 Å². The second kappa shape index (κ2) is 8.47. The summed E-state index contributed by atoms with van der Waals surface area (Å²) in [5.74, 6) is -0.00171. The van der Waals surface area contributed by atoms with E-state index in [0.29, 0.717) is 17.1 Å². The zero-order chi connectivity index (χ0) is 17.6. The van der Waals surface area contributed by atoms with Gasteiger partial charge in [-0.15, -0.1) is 0 Å². The maximum atomic E-state index is 12.2. The lowest BCUT2D eigenvalue weighted by atomic mass is 9.88. The van der Waals surface area contributed by atoms with Crippen molar-refractivity contribution >= 4 is 21.4 Å². The summed E-state index contributed by atoms with van der Waals surface area (Å²) in [5.41, 5.74) is 1.24. The summed E-state index contributed by atoms with van der Waals surface area (Å²) >= 11 is 0. The Hall–Kier alpha value is -1.62. The van der Waals surface area contributed by atoms with Crippen LogP contribution in [0.1, 0.15) is 50.5 Å². The van der Waals surface area contributed by atoms with Crippen LogP contribution in [0.5, 0.6) is 0 Å². The van der Waals surface area contributed by atoms with E-state index in [4.69, 9.17) is 4.74 Å². The molecule has 0 aliphatic heterocycles. The molecule has 0 bridgehead atoms. The quantitative estimate of drug-likeness (QED) is 0.608. The SMILES string of the molecule is COC(=O)/C(=C/C1CCCCCCC1)c1ccc(S(C)(=O)=O)cc1. The number of ether oxygens (including phenoxy) is 1. The highest BCUT2D eigenvalue weighted by atomic mass is 32.2. The van der Waals surface area contributed by atoms with Gasteiger partial charge in [-0.2, -0.15) is 0 Å². The fourth-order valence-corrected chi connectivity index (χ4v) is 3.79. The summed E-state index contributed by atoms with van der Waals surface area (Å²) in [4.78, 5) is 12.5. The summed E-state index contributed by atoms with van der Waals surface area (Å²) in [6.07, 6.45) is 11.5. The molecule has 1 fully saturated rings. The molecule has 2 rings (SSSR count). The summed E-state index contributed by atoms with van der Waals surface area (Å²) in [6.45, 7) is 0. The molecular formula is C19H26O4S. The summed E-state index contributed by atoms with van der Waals surface area (Å²) in [7, 11) is -1.87. The minimum Gasteiger partial charge on any atom is -0.465 e. The van der Waals surface area contributed by atoms with E-state index in [1.807, 2.05) is 6.08 Å². The molecule has 0 heterocycles. The Morgan fingerprint density at radius 3 is 2.08 bits per heavy atom. The van der Waals surface area contributed by atoms with Gasteiger partial charge in [-0.3, -0.25) is 0 Å². The smallest absolute Gasteiger partial charge is 0.338 e. The molecule has 0 amide bonds. The maximum absolute atomic E-state index is 12.2. The molecule has 0 N–H and O–H groups in total. The average Bonchev–Trinajstić information content (AvgIpc) is 2.52.